The summed E-state index contributed by atoms with van der Waals surface area (Å²) in [7, 11) is 0. The highest BCUT2D eigenvalue weighted by Gasteiger charge is 2.15. The van der Waals surface area contributed by atoms with Crippen molar-refractivity contribution in [2.45, 2.75) is 13.8 Å². The highest BCUT2D eigenvalue weighted by molar-refractivity contribution is 6.07. The van der Waals surface area contributed by atoms with E-state index < -0.39 is 11.3 Å². The van der Waals surface area contributed by atoms with Gasteiger partial charge >= 0.3 is 11.3 Å². The van der Waals surface area contributed by atoms with E-state index >= 15 is 0 Å². The third-order valence-corrected chi connectivity index (χ3v) is 7.08. The SMILES string of the molecule is Cc1ccc2c(ccc3oc(=O)c(-c4cccc(-c5cc6c(ccc7cc(C)ccc76)oc5=O)n4)cc32)c1. The minimum Gasteiger partial charge on any atom is -0.422 e. The first-order valence-corrected chi connectivity index (χ1v) is 12.4. The number of fused-ring (bicyclic) bond motifs is 6. The van der Waals surface area contributed by atoms with E-state index in [0.717, 1.165) is 43.4 Å². The molecule has 0 radical (unpaired) electrons. The maximum atomic E-state index is 13.0. The molecular formula is C33H21NO4. The normalized spacial score (nSPS) is 11.6. The van der Waals surface area contributed by atoms with Crippen molar-refractivity contribution in [2.24, 2.45) is 0 Å². The molecule has 3 heterocycles. The fourth-order valence-electron chi connectivity index (χ4n) is 5.19. The largest absolute Gasteiger partial charge is 0.422 e. The molecule has 0 aliphatic carbocycles. The summed E-state index contributed by atoms with van der Waals surface area (Å²) < 4.78 is 11.4. The van der Waals surface area contributed by atoms with Gasteiger partial charge in [-0.2, -0.15) is 0 Å². The minimum absolute atomic E-state index is 0.332. The Hall–Kier alpha value is -5.03. The second-order valence-corrected chi connectivity index (χ2v) is 9.71. The number of aromatic nitrogens is 1. The third kappa shape index (κ3) is 3.51. The lowest BCUT2D eigenvalue weighted by molar-refractivity contribution is 0.563. The van der Waals surface area contributed by atoms with Gasteiger partial charge in [0.25, 0.3) is 0 Å². The zero-order valence-electron chi connectivity index (χ0n) is 20.7. The van der Waals surface area contributed by atoms with Crippen molar-refractivity contribution in [3.05, 3.63) is 123 Å². The van der Waals surface area contributed by atoms with Gasteiger partial charge in [0, 0.05) is 10.8 Å². The summed E-state index contributed by atoms with van der Waals surface area (Å²) in [6.45, 7) is 4.09. The predicted octanol–water partition coefficient (Wildman–Crippen LogP) is 7.55. The number of hydrogen-bond donors (Lipinski definition) is 0. The van der Waals surface area contributed by atoms with E-state index in [0.29, 0.717) is 33.7 Å². The average molecular weight is 496 g/mol. The Morgan fingerprint density at radius 2 is 1.00 bits per heavy atom. The van der Waals surface area contributed by atoms with Crippen molar-refractivity contribution >= 4 is 43.5 Å². The molecule has 0 bridgehead atoms. The van der Waals surface area contributed by atoms with Crippen molar-refractivity contribution in [2.75, 3.05) is 0 Å². The molecule has 0 aliphatic rings. The van der Waals surface area contributed by atoms with Gasteiger partial charge in [-0.25, -0.2) is 14.6 Å². The lowest BCUT2D eigenvalue weighted by atomic mass is 10.0. The van der Waals surface area contributed by atoms with E-state index in [2.05, 4.69) is 12.1 Å². The fraction of sp³-hybridized carbons (Fsp3) is 0.0606. The van der Waals surface area contributed by atoms with Crippen LogP contribution in [0.2, 0.25) is 0 Å². The van der Waals surface area contributed by atoms with Gasteiger partial charge in [-0.15, -0.1) is 0 Å². The van der Waals surface area contributed by atoms with Crippen LogP contribution in [0.5, 0.6) is 0 Å². The summed E-state index contributed by atoms with van der Waals surface area (Å²) in [6, 6.07) is 28.8. The number of hydrogen-bond acceptors (Lipinski definition) is 5. The van der Waals surface area contributed by atoms with Crippen molar-refractivity contribution in [1.82, 2.24) is 4.98 Å². The van der Waals surface area contributed by atoms with E-state index in [1.807, 2.05) is 74.5 Å². The molecule has 0 atom stereocenters. The van der Waals surface area contributed by atoms with E-state index in [1.54, 1.807) is 18.2 Å². The average Bonchev–Trinajstić information content (AvgIpc) is 2.92. The summed E-state index contributed by atoms with van der Waals surface area (Å²) >= 11 is 0. The number of rotatable bonds is 2. The molecular weight excluding hydrogens is 474 g/mol. The fourth-order valence-corrected chi connectivity index (χ4v) is 5.19. The third-order valence-electron chi connectivity index (χ3n) is 7.08. The lowest BCUT2D eigenvalue weighted by Gasteiger charge is -2.08. The first kappa shape index (κ1) is 22.2. The molecule has 4 aromatic carbocycles. The summed E-state index contributed by atoms with van der Waals surface area (Å²) in [4.78, 5) is 30.7. The molecule has 0 amide bonds. The van der Waals surface area contributed by atoms with Crippen LogP contribution < -0.4 is 11.3 Å². The Bertz CT molecular complexity index is 2050. The van der Waals surface area contributed by atoms with Crippen molar-refractivity contribution in [3.8, 4) is 22.5 Å². The highest BCUT2D eigenvalue weighted by atomic mass is 16.4. The smallest absolute Gasteiger partial charge is 0.345 e. The summed E-state index contributed by atoms with van der Waals surface area (Å²) in [5.74, 6) is 0. The molecule has 7 aromatic rings. The molecule has 7 rings (SSSR count). The maximum Gasteiger partial charge on any atom is 0.345 e. The monoisotopic (exact) mass is 495 g/mol. The molecule has 0 unspecified atom stereocenters. The number of benzene rings is 4. The standard InChI is InChI=1S/C33H21NO4/c1-18-6-10-22-20(14-18)8-12-30-24(22)16-26(32(35)37-30)28-4-3-5-29(34-28)27-17-25-23-11-7-19(2)15-21(23)9-13-31(25)38-33(27)36/h3-17H,1-2H3. The Morgan fingerprint density at radius 3 is 1.47 bits per heavy atom. The molecule has 5 heteroatoms. The lowest BCUT2D eigenvalue weighted by Crippen LogP contribution is -2.07. The van der Waals surface area contributed by atoms with Crippen LogP contribution in [0, 0.1) is 13.8 Å². The van der Waals surface area contributed by atoms with Crippen LogP contribution in [0.3, 0.4) is 0 Å². The molecule has 182 valence electrons. The Labute approximate surface area is 216 Å². The van der Waals surface area contributed by atoms with Crippen LogP contribution >= 0.6 is 0 Å². The van der Waals surface area contributed by atoms with Gasteiger partial charge in [-0.05, 0) is 71.8 Å². The number of pyridine rings is 1. The summed E-state index contributed by atoms with van der Waals surface area (Å²) in [6.07, 6.45) is 0. The van der Waals surface area contributed by atoms with Gasteiger partial charge in [0.1, 0.15) is 11.2 Å². The Balaban J connectivity index is 1.42. The number of aryl methyl sites for hydroxylation is 2. The zero-order valence-corrected chi connectivity index (χ0v) is 20.7. The van der Waals surface area contributed by atoms with Crippen molar-refractivity contribution < 1.29 is 8.83 Å². The van der Waals surface area contributed by atoms with E-state index in [1.165, 1.54) is 0 Å². The first-order chi connectivity index (χ1) is 18.4. The van der Waals surface area contributed by atoms with Gasteiger partial charge in [0.05, 0.1) is 22.5 Å². The Kier molecular flexibility index (Phi) is 4.82. The van der Waals surface area contributed by atoms with Gasteiger partial charge in [-0.3, -0.25) is 0 Å². The maximum absolute atomic E-state index is 13.0. The highest BCUT2D eigenvalue weighted by Crippen LogP contribution is 2.31. The van der Waals surface area contributed by atoms with Crippen LogP contribution in [0.4, 0.5) is 0 Å². The topological polar surface area (TPSA) is 73.3 Å². The first-order valence-electron chi connectivity index (χ1n) is 12.4. The van der Waals surface area contributed by atoms with Crippen LogP contribution in [0.1, 0.15) is 11.1 Å². The molecule has 0 saturated carbocycles. The molecule has 0 fully saturated rings. The molecule has 38 heavy (non-hydrogen) atoms. The summed E-state index contributed by atoms with van der Waals surface area (Å²) in [5.41, 5.74) is 3.89. The van der Waals surface area contributed by atoms with Crippen LogP contribution in [0.15, 0.2) is 109 Å². The van der Waals surface area contributed by atoms with Crippen LogP contribution in [-0.4, -0.2) is 4.98 Å². The van der Waals surface area contributed by atoms with E-state index in [4.69, 9.17) is 13.8 Å². The Morgan fingerprint density at radius 1 is 0.526 bits per heavy atom. The molecule has 0 aliphatic heterocycles. The van der Waals surface area contributed by atoms with Gasteiger partial charge in [0.15, 0.2) is 0 Å². The molecule has 5 nitrogen and oxygen atoms in total. The zero-order chi connectivity index (χ0) is 26.0. The second-order valence-electron chi connectivity index (χ2n) is 9.71. The van der Waals surface area contributed by atoms with Crippen molar-refractivity contribution in [1.29, 1.82) is 0 Å². The second kappa shape index (κ2) is 8.25. The van der Waals surface area contributed by atoms with Crippen LogP contribution in [-0.2, 0) is 0 Å². The van der Waals surface area contributed by atoms with E-state index in [-0.39, 0.29) is 0 Å². The van der Waals surface area contributed by atoms with Gasteiger partial charge < -0.3 is 8.83 Å². The molecule has 0 N–H and O–H groups in total. The quantitative estimate of drug-likeness (QED) is 0.183. The molecule has 0 saturated heterocycles. The predicted molar refractivity (Wildman–Crippen MR) is 152 cm³/mol. The molecule has 0 spiro atoms. The van der Waals surface area contributed by atoms with Crippen molar-refractivity contribution in [3.63, 3.8) is 0 Å². The van der Waals surface area contributed by atoms with E-state index in [9.17, 15) is 9.59 Å². The van der Waals surface area contributed by atoms with Crippen LogP contribution in [0.25, 0.3) is 66.0 Å². The minimum atomic E-state index is -0.486. The number of nitrogens with zero attached hydrogens (tertiary/aromatic N) is 1. The molecule has 3 aromatic heterocycles. The summed E-state index contributed by atoms with van der Waals surface area (Å²) in [5, 5.41) is 5.77. The van der Waals surface area contributed by atoms with Gasteiger partial charge in [0.2, 0.25) is 0 Å². The van der Waals surface area contributed by atoms with Gasteiger partial charge in [-0.1, -0.05) is 65.7 Å².